The lowest BCUT2D eigenvalue weighted by Crippen LogP contribution is -2.30. The summed E-state index contributed by atoms with van der Waals surface area (Å²) in [5, 5.41) is 10.6. The Morgan fingerprint density at radius 2 is 1.87 bits per heavy atom. The topological polar surface area (TPSA) is 102 Å². The molecule has 0 saturated heterocycles. The largest absolute Gasteiger partial charge is 0.363 e. The van der Waals surface area contributed by atoms with Crippen LogP contribution < -0.4 is 4.72 Å². The minimum atomic E-state index is -3.79. The summed E-state index contributed by atoms with van der Waals surface area (Å²) in [6, 6.07) is 11.4. The van der Waals surface area contributed by atoms with Crippen LogP contribution in [-0.2, 0) is 10.0 Å². The third-order valence-corrected chi connectivity index (χ3v) is 5.18. The second kappa shape index (κ2) is 6.05. The third-order valence-electron chi connectivity index (χ3n) is 3.75. The first-order chi connectivity index (χ1) is 11.0. The Morgan fingerprint density at radius 3 is 2.39 bits per heavy atom. The number of sulfonamides is 1. The summed E-state index contributed by atoms with van der Waals surface area (Å²) in [6.45, 7) is 0. The van der Waals surface area contributed by atoms with Crippen LogP contribution >= 0.6 is 0 Å². The molecule has 1 N–H and O–H groups in total. The molecule has 1 atom stereocenters. The first-order valence-electron chi connectivity index (χ1n) is 7.15. The summed E-state index contributed by atoms with van der Waals surface area (Å²) in [5.41, 5.74) is 0.911. The fourth-order valence-corrected chi connectivity index (χ4v) is 3.64. The minimum absolute atomic E-state index is 0.0790. The number of rotatable bonds is 6. The highest BCUT2D eigenvalue weighted by molar-refractivity contribution is 7.89. The third kappa shape index (κ3) is 3.54. The molecule has 0 amide bonds. The normalized spacial score (nSPS) is 16.0. The van der Waals surface area contributed by atoms with Crippen molar-refractivity contribution in [3.05, 3.63) is 64.3 Å². The standard InChI is InChI=1S/C15H15N3O4S/c19-18(20)14-9-8-13(10-16-14)23(21,22)17-15(12-6-7-12)11-4-2-1-3-5-11/h1-5,8-10,12,15,17H,6-7H2/t15-/m0/s1. The van der Waals surface area contributed by atoms with E-state index in [9.17, 15) is 18.5 Å². The molecule has 0 bridgehead atoms. The van der Waals surface area contributed by atoms with E-state index in [0.29, 0.717) is 0 Å². The Labute approximate surface area is 133 Å². The van der Waals surface area contributed by atoms with E-state index in [-0.39, 0.29) is 22.7 Å². The van der Waals surface area contributed by atoms with Gasteiger partial charge in [0.15, 0.2) is 6.20 Å². The van der Waals surface area contributed by atoms with Crippen molar-refractivity contribution in [1.82, 2.24) is 9.71 Å². The van der Waals surface area contributed by atoms with E-state index in [0.717, 1.165) is 30.7 Å². The number of pyridine rings is 1. The Balaban J connectivity index is 1.85. The van der Waals surface area contributed by atoms with Gasteiger partial charge in [-0.25, -0.2) is 13.1 Å². The second-order valence-electron chi connectivity index (χ2n) is 5.46. The Bertz CT molecular complexity index is 802. The quantitative estimate of drug-likeness (QED) is 0.646. The van der Waals surface area contributed by atoms with Crippen LogP contribution in [0.1, 0.15) is 24.4 Å². The molecule has 1 aliphatic carbocycles. The fraction of sp³-hybridized carbons (Fsp3) is 0.267. The molecule has 0 spiro atoms. The average Bonchev–Trinajstić information content (AvgIpc) is 3.38. The Morgan fingerprint density at radius 1 is 1.17 bits per heavy atom. The van der Waals surface area contributed by atoms with Gasteiger partial charge < -0.3 is 10.1 Å². The molecule has 2 aromatic rings. The zero-order valence-electron chi connectivity index (χ0n) is 12.1. The molecule has 120 valence electrons. The Kier molecular flexibility index (Phi) is 4.10. The molecule has 1 fully saturated rings. The molecule has 7 nitrogen and oxygen atoms in total. The molecule has 23 heavy (non-hydrogen) atoms. The monoisotopic (exact) mass is 333 g/mol. The van der Waals surface area contributed by atoms with E-state index in [4.69, 9.17) is 0 Å². The van der Waals surface area contributed by atoms with Gasteiger partial charge >= 0.3 is 5.82 Å². The first kappa shape index (κ1) is 15.6. The van der Waals surface area contributed by atoms with E-state index in [1.54, 1.807) is 0 Å². The fourth-order valence-electron chi connectivity index (χ4n) is 2.40. The van der Waals surface area contributed by atoms with Gasteiger partial charge in [-0.3, -0.25) is 0 Å². The number of benzene rings is 1. The van der Waals surface area contributed by atoms with Crippen LogP contribution in [0.4, 0.5) is 5.82 Å². The lowest BCUT2D eigenvalue weighted by atomic mass is 10.0. The van der Waals surface area contributed by atoms with E-state index in [2.05, 4.69) is 9.71 Å². The van der Waals surface area contributed by atoms with Crippen molar-refractivity contribution in [1.29, 1.82) is 0 Å². The molecular formula is C15H15N3O4S. The number of aromatic nitrogens is 1. The number of nitrogens with one attached hydrogen (secondary N) is 1. The van der Waals surface area contributed by atoms with E-state index in [1.165, 1.54) is 6.07 Å². The van der Waals surface area contributed by atoms with Gasteiger partial charge in [-0.15, -0.1) is 0 Å². The van der Waals surface area contributed by atoms with Crippen molar-refractivity contribution in [2.24, 2.45) is 5.92 Å². The summed E-state index contributed by atoms with van der Waals surface area (Å²) in [4.78, 5) is 13.4. The van der Waals surface area contributed by atoms with Crippen LogP contribution in [0.15, 0.2) is 53.6 Å². The van der Waals surface area contributed by atoms with Gasteiger partial charge in [0.1, 0.15) is 4.90 Å². The highest BCUT2D eigenvalue weighted by Gasteiger charge is 2.35. The van der Waals surface area contributed by atoms with Crippen molar-refractivity contribution < 1.29 is 13.3 Å². The van der Waals surface area contributed by atoms with Crippen LogP contribution in [0.3, 0.4) is 0 Å². The summed E-state index contributed by atoms with van der Waals surface area (Å²) in [7, 11) is -3.79. The maximum atomic E-state index is 12.5. The summed E-state index contributed by atoms with van der Waals surface area (Å²) >= 11 is 0. The van der Waals surface area contributed by atoms with Gasteiger partial charge in [0.2, 0.25) is 10.0 Å². The van der Waals surface area contributed by atoms with Gasteiger partial charge in [0, 0.05) is 12.1 Å². The summed E-state index contributed by atoms with van der Waals surface area (Å²) in [6.07, 6.45) is 2.95. The van der Waals surface area contributed by atoms with Crippen molar-refractivity contribution in [3.63, 3.8) is 0 Å². The molecule has 0 aliphatic heterocycles. The zero-order chi connectivity index (χ0) is 16.4. The highest BCUT2D eigenvalue weighted by Crippen LogP contribution is 2.41. The molecule has 1 aromatic heterocycles. The van der Waals surface area contributed by atoms with Crippen LogP contribution in [-0.4, -0.2) is 18.3 Å². The van der Waals surface area contributed by atoms with E-state index < -0.39 is 14.9 Å². The van der Waals surface area contributed by atoms with Crippen molar-refractivity contribution in [3.8, 4) is 0 Å². The van der Waals surface area contributed by atoms with E-state index >= 15 is 0 Å². The maximum Gasteiger partial charge on any atom is 0.363 e. The van der Waals surface area contributed by atoms with E-state index in [1.807, 2.05) is 30.3 Å². The van der Waals surface area contributed by atoms with Gasteiger partial charge in [-0.05, 0) is 40.3 Å². The maximum absolute atomic E-state index is 12.5. The second-order valence-corrected chi connectivity index (χ2v) is 7.17. The molecule has 1 heterocycles. The molecular weight excluding hydrogens is 318 g/mol. The van der Waals surface area contributed by atoms with Crippen LogP contribution in [0, 0.1) is 16.0 Å². The Hall–Kier alpha value is -2.32. The van der Waals surface area contributed by atoms with Gasteiger partial charge in [0.05, 0.1) is 0 Å². The highest BCUT2D eigenvalue weighted by atomic mass is 32.2. The molecule has 1 aliphatic rings. The summed E-state index contributed by atoms with van der Waals surface area (Å²) < 4.78 is 27.7. The molecule has 1 aromatic carbocycles. The van der Waals surface area contributed by atoms with Crippen LogP contribution in [0.5, 0.6) is 0 Å². The zero-order valence-corrected chi connectivity index (χ0v) is 12.9. The molecule has 0 unspecified atom stereocenters. The van der Waals surface area contributed by atoms with Crippen molar-refractivity contribution in [2.45, 2.75) is 23.8 Å². The van der Waals surface area contributed by atoms with Crippen molar-refractivity contribution in [2.75, 3.05) is 0 Å². The molecule has 8 heteroatoms. The average molecular weight is 333 g/mol. The summed E-state index contributed by atoms with van der Waals surface area (Å²) in [5.74, 6) is -0.107. The number of hydrogen-bond donors (Lipinski definition) is 1. The number of hydrogen-bond acceptors (Lipinski definition) is 5. The molecule has 1 saturated carbocycles. The predicted molar refractivity (Wildman–Crippen MR) is 83.1 cm³/mol. The lowest BCUT2D eigenvalue weighted by Gasteiger charge is -2.18. The minimum Gasteiger partial charge on any atom is -0.358 e. The van der Waals surface area contributed by atoms with Gasteiger partial charge in [0.25, 0.3) is 0 Å². The molecule has 3 rings (SSSR count). The van der Waals surface area contributed by atoms with Gasteiger partial charge in [-0.2, -0.15) is 0 Å². The number of nitrogens with zero attached hydrogens (tertiary/aromatic N) is 2. The molecule has 0 radical (unpaired) electrons. The lowest BCUT2D eigenvalue weighted by molar-refractivity contribution is -0.389. The first-order valence-corrected chi connectivity index (χ1v) is 8.63. The SMILES string of the molecule is O=[N+]([O-])c1ccc(S(=O)(=O)N[C@@H](c2ccccc2)C2CC2)cn1. The predicted octanol–water partition coefficient (Wildman–Crippen LogP) is 2.42. The number of nitro groups is 1. The van der Waals surface area contributed by atoms with Crippen molar-refractivity contribution >= 4 is 15.8 Å². The van der Waals surface area contributed by atoms with Crippen LogP contribution in [0.25, 0.3) is 0 Å². The van der Waals surface area contributed by atoms with Gasteiger partial charge in [-0.1, -0.05) is 30.3 Å². The van der Waals surface area contributed by atoms with Crippen LogP contribution in [0.2, 0.25) is 0 Å². The smallest absolute Gasteiger partial charge is 0.358 e.